The van der Waals surface area contributed by atoms with Crippen molar-refractivity contribution in [2.75, 3.05) is 25.0 Å². The zero-order chi connectivity index (χ0) is 13.8. The molecule has 0 aromatic carbocycles. The van der Waals surface area contributed by atoms with Gasteiger partial charge < -0.3 is 15.4 Å². The Labute approximate surface area is 118 Å². The first-order valence-electron chi connectivity index (χ1n) is 7.07. The standard InChI is InChI=1S/C15H19N3O2/c19-14(18-12-3-7-16-8-4-12)15(5-9-17-10-6-15)13-2-1-11-20-13/h2-4,7-8,17H,1,5-6,9-11H2,(H,16,18,19). The predicted molar refractivity (Wildman–Crippen MR) is 76.1 cm³/mol. The Morgan fingerprint density at radius 2 is 2.05 bits per heavy atom. The predicted octanol–water partition coefficient (Wildman–Crippen LogP) is 1.69. The molecular formula is C15H19N3O2. The maximum absolute atomic E-state index is 12.8. The van der Waals surface area contributed by atoms with Gasteiger partial charge in [0, 0.05) is 24.5 Å². The zero-order valence-corrected chi connectivity index (χ0v) is 11.4. The highest BCUT2D eigenvalue weighted by molar-refractivity contribution is 5.97. The number of carbonyl (C=O) groups is 1. The molecule has 0 saturated carbocycles. The minimum Gasteiger partial charge on any atom is -0.497 e. The number of aromatic nitrogens is 1. The van der Waals surface area contributed by atoms with Crippen LogP contribution in [-0.2, 0) is 9.53 Å². The molecule has 5 nitrogen and oxygen atoms in total. The van der Waals surface area contributed by atoms with Crippen LogP contribution >= 0.6 is 0 Å². The van der Waals surface area contributed by atoms with Crippen molar-refractivity contribution in [3.05, 3.63) is 36.4 Å². The molecule has 1 aromatic heterocycles. The number of hydrogen-bond donors (Lipinski definition) is 2. The van der Waals surface area contributed by atoms with Crippen molar-refractivity contribution >= 4 is 11.6 Å². The van der Waals surface area contributed by atoms with Gasteiger partial charge in [0.1, 0.15) is 11.2 Å². The fourth-order valence-electron chi connectivity index (χ4n) is 2.88. The fourth-order valence-corrected chi connectivity index (χ4v) is 2.88. The summed E-state index contributed by atoms with van der Waals surface area (Å²) >= 11 is 0. The number of piperidine rings is 1. The lowest BCUT2D eigenvalue weighted by Crippen LogP contribution is -2.46. The summed E-state index contributed by atoms with van der Waals surface area (Å²) in [5, 5.41) is 6.31. The molecule has 0 unspecified atom stereocenters. The van der Waals surface area contributed by atoms with E-state index in [1.807, 2.05) is 0 Å². The number of hydrogen-bond acceptors (Lipinski definition) is 4. The van der Waals surface area contributed by atoms with Gasteiger partial charge in [-0.05, 0) is 44.1 Å². The van der Waals surface area contributed by atoms with Gasteiger partial charge >= 0.3 is 0 Å². The number of nitrogens with zero attached hydrogens (tertiary/aromatic N) is 1. The molecule has 0 aliphatic carbocycles. The second-order valence-corrected chi connectivity index (χ2v) is 5.23. The van der Waals surface area contributed by atoms with Crippen LogP contribution in [0.5, 0.6) is 0 Å². The summed E-state index contributed by atoms with van der Waals surface area (Å²) in [4.78, 5) is 16.8. The zero-order valence-electron chi connectivity index (χ0n) is 11.4. The molecule has 1 fully saturated rings. The van der Waals surface area contributed by atoms with E-state index < -0.39 is 5.41 Å². The average molecular weight is 273 g/mol. The van der Waals surface area contributed by atoms with Crippen molar-refractivity contribution in [1.29, 1.82) is 0 Å². The second kappa shape index (κ2) is 5.63. The second-order valence-electron chi connectivity index (χ2n) is 5.23. The summed E-state index contributed by atoms with van der Waals surface area (Å²) in [5.74, 6) is 0.879. The highest BCUT2D eigenvalue weighted by Crippen LogP contribution is 2.40. The van der Waals surface area contributed by atoms with Crippen LogP contribution in [0.25, 0.3) is 0 Å². The van der Waals surface area contributed by atoms with Gasteiger partial charge in [0.15, 0.2) is 0 Å². The van der Waals surface area contributed by atoms with Gasteiger partial charge in [-0.1, -0.05) is 0 Å². The minimum atomic E-state index is -0.523. The molecule has 106 valence electrons. The molecule has 1 saturated heterocycles. The number of nitrogens with one attached hydrogen (secondary N) is 2. The van der Waals surface area contributed by atoms with Crippen LogP contribution in [0.2, 0.25) is 0 Å². The molecule has 3 rings (SSSR count). The molecule has 0 radical (unpaired) electrons. The van der Waals surface area contributed by atoms with Crippen LogP contribution in [0.4, 0.5) is 5.69 Å². The van der Waals surface area contributed by atoms with E-state index in [1.165, 1.54) is 0 Å². The van der Waals surface area contributed by atoms with Crippen molar-refractivity contribution in [2.45, 2.75) is 19.3 Å². The van der Waals surface area contributed by atoms with Crippen molar-refractivity contribution in [3.63, 3.8) is 0 Å². The monoisotopic (exact) mass is 273 g/mol. The lowest BCUT2D eigenvalue weighted by Gasteiger charge is -2.36. The van der Waals surface area contributed by atoms with E-state index in [0.717, 1.165) is 43.8 Å². The molecule has 0 atom stereocenters. The molecule has 20 heavy (non-hydrogen) atoms. The van der Waals surface area contributed by atoms with E-state index in [2.05, 4.69) is 21.7 Å². The highest BCUT2D eigenvalue weighted by Gasteiger charge is 2.45. The minimum absolute atomic E-state index is 0.0263. The Bertz CT molecular complexity index is 507. The quantitative estimate of drug-likeness (QED) is 0.879. The number of anilines is 1. The molecule has 3 heterocycles. The van der Waals surface area contributed by atoms with Gasteiger partial charge in [-0.2, -0.15) is 0 Å². The van der Waals surface area contributed by atoms with Crippen LogP contribution < -0.4 is 10.6 Å². The average Bonchev–Trinajstić information content (AvgIpc) is 3.04. The van der Waals surface area contributed by atoms with Crippen LogP contribution in [0, 0.1) is 5.41 Å². The van der Waals surface area contributed by atoms with Crippen molar-refractivity contribution in [2.24, 2.45) is 5.41 Å². The lowest BCUT2D eigenvalue weighted by atomic mass is 9.76. The first-order chi connectivity index (χ1) is 9.81. The summed E-state index contributed by atoms with van der Waals surface area (Å²) < 4.78 is 5.71. The Morgan fingerprint density at radius 3 is 2.70 bits per heavy atom. The fraction of sp³-hybridized carbons (Fsp3) is 0.467. The first-order valence-corrected chi connectivity index (χ1v) is 7.07. The van der Waals surface area contributed by atoms with Gasteiger partial charge in [-0.15, -0.1) is 0 Å². The highest BCUT2D eigenvalue weighted by atomic mass is 16.5. The van der Waals surface area contributed by atoms with Gasteiger partial charge in [0.2, 0.25) is 5.91 Å². The van der Waals surface area contributed by atoms with Crippen molar-refractivity contribution < 1.29 is 9.53 Å². The summed E-state index contributed by atoms with van der Waals surface area (Å²) in [6.45, 7) is 2.36. The van der Waals surface area contributed by atoms with E-state index in [-0.39, 0.29) is 5.91 Å². The molecular weight excluding hydrogens is 254 g/mol. The van der Waals surface area contributed by atoms with Crippen LogP contribution in [0.1, 0.15) is 19.3 Å². The topological polar surface area (TPSA) is 63.2 Å². The summed E-state index contributed by atoms with van der Waals surface area (Å²) in [6, 6.07) is 3.60. The van der Waals surface area contributed by atoms with Crippen molar-refractivity contribution in [3.8, 4) is 0 Å². The largest absolute Gasteiger partial charge is 0.497 e. The summed E-state index contributed by atoms with van der Waals surface area (Å²) in [5.41, 5.74) is 0.256. The van der Waals surface area contributed by atoms with E-state index in [4.69, 9.17) is 4.74 Å². The number of rotatable bonds is 3. The molecule has 0 spiro atoms. The Morgan fingerprint density at radius 1 is 1.30 bits per heavy atom. The Kier molecular flexibility index (Phi) is 3.69. The normalized spacial score (nSPS) is 20.9. The Hall–Kier alpha value is -1.88. The number of ether oxygens (including phenoxy) is 1. The van der Waals surface area contributed by atoms with Gasteiger partial charge in [-0.25, -0.2) is 0 Å². The molecule has 2 aliphatic heterocycles. The van der Waals surface area contributed by atoms with E-state index >= 15 is 0 Å². The van der Waals surface area contributed by atoms with E-state index in [0.29, 0.717) is 6.61 Å². The summed E-state index contributed by atoms with van der Waals surface area (Å²) in [6.07, 6.45) is 7.86. The number of carbonyl (C=O) groups excluding carboxylic acids is 1. The smallest absolute Gasteiger partial charge is 0.238 e. The third kappa shape index (κ3) is 2.41. The SMILES string of the molecule is O=C(Nc1ccncc1)C1(C2=CCCO2)CCNCC1. The van der Waals surface area contributed by atoms with Gasteiger partial charge in [0.05, 0.1) is 6.61 Å². The lowest BCUT2D eigenvalue weighted by molar-refractivity contribution is -0.126. The Balaban J connectivity index is 1.83. The van der Waals surface area contributed by atoms with Gasteiger partial charge in [-0.3, -0.25) is 9.78 Å². The van der Waals surface area contributed by atoms with E-state index in [9.17, 15) is 4.79 Å². The third-order valence-corrected chi connectivity index (χ3v) is 4.01. The summed E-state index contributed by atoms with van der Waals surface area (Å²) in [7, 11) is 0. The van der Waals surface area contributed by atoms with Crippen molar-refractivity contribution in [1.82, 2.24) is 10.3 Å². The first kappa shape index (κ1) is 13.1. The maximum Gasteiger partial charge on any atom is 0.238 e. The molecule has 1 amide bonds. The van der Waals surface area contributed by atoms with Gasteiger partial charge in [0.25, 0.3) is 0 Å². The van der Waals surface area contributed by atoms with Crippen LogP contribution in [0.15, 0.2) is 36.4 Å². The molecule has 5 heteroatoms. The maximum atomic E-state index is 12.8. The van der Waals surface area contributed by atoms with E-state index in [1.54, 1.807) is 24.5 Å². The molecule has 0 bridgehead atoms. The molecule has 2 aliphatic rings. The third-order valence-electron chi connectivity index (χ3n) is 4.01. The van der Waals surface area contributed by atoms with Crippen LogP contribution in [0.3, 0.4) is 0 Å². The number of pyridine rings is 1. The molecule has 2 N–H and O–H groups in total. The molecule has 1 aromatic rings. The van der Waals surface area contributed by atoms with Crippen LogP contribution in [-0.4, -0.2) is 30.6 Å². The number of amides is 1.